The summed E-state index contributed by atoms with van der Waals surface area (Å²) in [5.41, 5.74) is 1.82. The molecule has 114 valence electrons. The van der Waals surface area contributed by atoms with Crippen molar-refractivity contribution in [3.05, 3.63) is 35.9 Å². The van der Waals surface area contributed by atoms with Crippen LogP contribution in [0.3, 0.4) is 0 Å². The van der Waals surface area contributed by atoms with Crippen molar-refractivity contribution in [2.75, 3.05) is 24.6 Å². The molecule has 0 heterocycles. The topological polar surface area (TPSA) is 12.0 Å². The third-order valence-electron chi connectivity index (χ3n) is 4.10. The Hall–Kier alpha value is -0.470. The Morgan fingerprint density at radius 2 is 1.85 bits per heavy atom. The van der Waals surface area contributed by atoms with E-state index >= 15 is 0 Å². The fraction of sp³-hybridized carbons (Fsp3) is 0.667. The molecule has 1 N–H and O–H groups in total. The summed E-state index contributed by atoms with van der Waals surface area (Å²) in [6.07, 6.45) is 5.02. The second kappa shape index (κ2) is 10.3. The quantitative estimate of drug-likeness (QED) is 0.584. The Balaban J connectivity index is 2.74. The summed E-state index contributed by atoms with van der Waals surface area (Å²) in [4.78, 5) is 0. The van der Waals surface area contributed by atoms with Crippen molar-refractivity contribution >= 4 is 11.8 Å². The maximum absolute atomic E-state index is 3.66. The Morgan fingerprint density at radius 1 is 1.10 bits per heavy atom. The van der Waals surface area contributed by atoms with Gasteiger partial charge in [0.2, 0.25) is 0 Å². The van der Waals surface area contributed by atoms with E-state index in [2.05, 4.69) is 68.2 Å². The van der Waals surface area contributed by atoms with Gasteiger partial charge in [-0.15, -0.1) is 0 Å². The van der Waals surface area contributed by atoms with Crippen LogP contribution in [0.4, 0.5) is 0 Å². The molecule has 20 heavy (non-hydrogen) atoms. The first-order valence-corrected chi connectivity index (χ1v) is 9.28. The van der Waals surface area contributed by atoms with Crippen molar-refractivity contribution in [2.24, 2.45) is 0 Å². The van der Waals surface area contributed by atoms with Crippen molar-refractivity contribution in [1.82, 2.24) is 5.32 Å². The summed E-state index contributed by atoms with van der Waals surface area (Å²) in [6, 6.07) is 11.1. The van der Waals surface area contributed by atoms with Gasteiger partial charge in [0.05, 0.1) is 0 Å². The molecule has 1 unspecified atom stereocenters. The van der Waals surface area contributed by atoms with Crippen LogP contribution in [0.25, 0.3) is 0 Å². The van der Waals surface area contributed by atoms with Crippen LogP contribution in [0.1, 0.15) is 52.0 Å². The molecule has 0 aromatic heterocycles. The number of hydrogen-bond acceptors (Lipinski definition) is 2. The summed E-state index contributed by atoms with van der Waals surface area (Å²) >= 11 is 2.06. The van der Waals surface area contributed by atoms with E-state index in [0.29, 0.717) is 5.41 Å². The summed E-state index contributed by atoms with van der Waals surface area (Å²) in [5, 5.41) is 3.66. The number of benzene rings is 1. The molecule has 0 fully saturated rings. The fourth-order valence-electron chi connectivity index (χ4n) is 2.79. The largest absolute Gasteiger partial charge is 0.316 e. The second-order valence-corrected chi connectivity index (χ2v) is 6.87. The highest BCUT2D eigenvalue weighted by atomic mass is 32.2. The number of rotatable bonds is 11. The monoisotopic (exact) mass is 293 g/mol. The van der Waals surface area contributed by atoms with Crippen molar-refractivity contribution < 1.29 is 0 Å². The molecule has 1 aromatic rings. The lowest BCUT2D eigenvalue weighted by Crippen LogP contribution is -2.38. The summed E-state index contributed by atoms with van der Waals surface area (Å²) in [5.74, 6) is 2.53. The zero-order chi connectivity index (χ0) is 14.7. The van der Waals surface area contributed by atoms with Gasteiger partial charge in [-0.2, -0.15) is 11.8 Å². The van der Waals surface area contributed by atoms with Crippen LogP contribution >= 0.6 is 11.8 Å². The smallest absolute Gasteiger partial charge is 0.00754 e. The lowest BCUT2D eigenvalue weighted by atomic mass is 9.74. The van der Waals surface area contributed by atoms with Gasteiger partial charge < -0.3 is 5.32 Å². The Bertz CT molecular complexity index is 339. The fourth-order valence-corrected chi connectivity index (χ4v) is 3.43. The normalized spacial score (nSPS) is 14.2. The maximum atomic E-state index is 3.66. The molecule has 1 nitrogen and oxygen atoms in total. The van der Waals surface area contributed by atoms with Gasteiger partial charge in [0.15, 0.2) is 0 Å². The first kappa shape index (κ1) is 17.6. The average Bonchev–Trinajstić information content (AvgIpc) is 2.51. The Labute approximate surface area is 129 Å². The zero-order valence-electron chi connectivity index (χ0n) is 13.5. The van der Waals surface area contributed by atoms with Gasteiger partial charge in [0.25, 0.3) is 0 Å². The molecule has 1 aromatic carbocycles. The second-order valence-electron chi connectivity index (χ2n) is 5.48. The predicted molar refractivity (Wildman–Crippen MR) is 93.8 cm³/mol. The summed E-state index contributed by atoms with van der Waals surface area (Å²) in [7, 11) is 0. The van der Waals surface area contributed by atoms with E-state index in [-0.39, 0.29) is 0 Å². The third-order valence-corrected chi connectivity index (χ3v) is 5.09. The van der Waals surface area contributed by atoms with Crippen LogP contribution in [0.2, 0.25) is 0 Å². The Morgan fingerprint density at radius 3 is 2.45 bits per heavy atom. The van der Waals surface area contributed by atoms with Gasteiger partial charge >= 0.3 is 0 Å². The molecule has 0 amide bonds. The van der Waals surface area contributed by atoms with Crippen LogP contribution in [-0.2, 0) is 5.41 Å². The minimum absolute atomic E-state index is 0.310. The van der Waals surface area contributed by atoms with E-state index in [1.165, 1.54) is 42.8 Å². The average molecular weight is 294 g/mol. The molecule has 0 aliphatic carbocycles. The van der Waals surface area contributed by atoms with Crippen molar-refractivity contribution in [3.8, 4) is 0 Å². The minimum Gasteiger partial charge on any atom is -0.316 e. The summed E-state index contributed by atoms with van der Waals surface area (Å²) in [6.45, 7) is 9.06. The van der Waals surface area contributed by atoms with E-state index in [0.717, 1.165) is 13.1 Å². The van der Waals surface area contributed by atoms with Gasteiger partial charge in [-0.05, 0) is 49.3 Å². The molecule has 0 aliphatic heterocycles. The highest BCUT2D eigenvalue weighted by Crippen LogP contribution is 2.33. The molecule has 1 atom stereocenters. The molecule has 0 spiro atoms. The highest BCUT2D eigenvalue weighted by Gasteiger charge is 2.29. The predicted octanol–water partition coefficient (Wildman–Crippen LogP) is 4.87. The molecule has 0 saturated heterocycles. The molecular formula is C18H31NS. The van der Waals surface area contributed by atoms with E-state index in [1.54, 1.807) is 0 Å². The van der Waals surface area contributed by atoms with Gasteiger partial charge in [-0.1, -0.05) is 51.1 Å². The number of hydrogen-bond donors (Lipinski definition) is 1. The van der Waals surface area contributed by atoms with E-state index in [9.17, 15) is 0 Å². The van der Waals surface area contributed by atoms with Gasteiger partial charge in [-0.3, -0.25) is 0 Å². The van der Waals surface area contributed by atoms with Crippen LogP contribution < -0.4 is 5.32 Å². The van der Waals surface area contributed by atoms with E-state index < -0.39 is 0 Å². The van der Waals surface area contributed by atoms with Crippen LogP contribution in [-0.4, -0.2) is 24.6 Å². The maximum Gasteiger partial charge on any atom is 0.00754 e. The molecule has 0 aliphatic rings. The lowest BCUT2D eigenvalue weighted by Gasteiger charge is -2.34. The van der Waals surface area contributed by atoms with Gasteiger partial charge in [0, 0.05) is 12.0 Å². The highest BCUT2D eigenvalue weighted by molar-refractivity contribution is 7.99. The molecule has 0 saturated carbocycles. The van der Waals surface area contributed by atoms with Crippen molar-refractivity contribution in [3.63, 3.8) is 0 Å². The SMILES string of the molecule is CCCNCC(CC)(CCCSCC)c1ccccc1. The molecular weight excluding hydrogens is 262 g/mol. The van der Waals surface area contributed by atoms with Gasteiger partial charge in [0.1, 0.15) is 0 Å². The van der Waals surface area contributed by atoms with Crippen LogP contribution in [0.5, 0.6) is 0 Å². The van der Waals surface area contributed by atoms with Crippen LogP contribution in [0, 0.1) is 0 Å². The van der Waals surface area contributed by atoms with E-state index in [4.69, 9.17) is 0 Å². The summed E-state index contributed by atoms with van der Waals surface area (Å²) < 4.78 is 0. The third kappa shape index (κ3) is 5.49. The van der Waals surface area contributed by atoms with Crippen LogP contribution in [0.15, 0.2) is 30.3 Å². The minimum atomic E-state index is 0.310. The zero-order valence-corrected chi connectivity index (χ0v) is 14.3. The standard InChI is InChI=1S/C18H31NS/c1-4-14-19-16-18(5-2,13-10-15-20-6-3)17-11-8-7-9-12-17/h7-9,11-12,19H,4-6,10,13-16H2,1-3H3. The van der Waals surface area contributed by atoms with E-state index in [1.807, 2.05) is 0 Å². The molecule has 0 bridgehead atoms. The number of thioether (sulfide) groups is 1. The Kier molecular flexibility index (Phi) is 9.04. The molecule has 0 radical (unpaired) electrons. The molecule has 1 rings (SSSR count). The first-order chi connectivity index (χ1) is 9.79. The van der Waals surface area contributed by atoms with Crippen molar-refractivity contribution in [2.45, 2.75) is 51.9 Å². The van der Waals surface area contributed by atoms with Gasteiger partial charge in [-0.25, -0.2) is 0 Å². The first-order valence-electron chi connectivity index (χ1n) is 8.13. The lowest BCUT2D eigenvalue weighted by molar-refractivity contribution is 0.352. The number of nitrogens with one attached hydrogen (secondary N) is 1. The molecule has 2 heteroatoms. The van der Waals surface area contributed by atoms with Crippen molar-refractivity contribution in [1.29, 1.82) is 0 Å².